The number of thioether (sulfide) groups is 1. The molecule has 0 amide bonds. The van der Waals surface area contributed by atoms with E-state index in [2.05, 4.69) is 9.97 Å². The third kappa shape index (κ3) is 1.65. The third-order valence-corrected chi connectivity index (χ3v) is 2.92. The molecule has 0 aliphatic rings. The fraction of sp³-hybridized carbons (Fsp3) is 0.300. The maximum Gasteiger partial charge on any atom is 0.254 e. The summed E-state index contributed by atoms with van der Waals surface area (Å²) in [5.41, 5.74) is 6.68. The van der Waals surface area contributed by atoms with E-state index in [1.807, 2.05) is 13.2 Å². The molecule has 0 saturated carbocycles. The van der Waals surface area contributed by atoms with Gasteiger partial charge in [-0.3, -0.25) is 9.36 Å². The summed E-state index contributed by atoms with van der Waals surface area (Å²) in [5.74, 6) is 0. The lowest BCUT2D eigenvalue weighted by Gasteiger charge is -2.08. The number of pyridine rings is 1. The summed E-state index contributed by atoms with van der Waals surface area (Å²) in [6.45, 7) is 2.47. The van der Waals surface area contributed by atoms with E-state index in [1.54, 1.807) is 10.8 Å². The quantitative estimate of drug-likeness (QED) is 0.624. The Morgan fingerprint density at radius 1 is 1.56 bits per heavy atom. The number of aromatic nitrogens is 3. The van der Waals surface area contributed by atoms with Gasteiger partial charge < -0.3 is 5.73 Å². The van der Waals surface area contributed by atoms with Gasteiger partial charge in [-0.2, -0.15) is 0 Å². The average molecular weight is 236 g/mol. The van der Waals surface area contributed by atoms with Gasteiger partial charge in [-0.1, -0.05) is 11.8 Å². The van der Waals surface area contributed by atoms with E-state index in [1.165, 1.54) is 17.8 Å². The lowest BCUT2D eigenvalue weighted by Crippen LogP contribution is -2.20. The van der Waals surface area contributed by atoms with Crippen LogP contribution >= 0.6 is 11.8 Å². The molecule has 0 spiro atoms. The first kappa shape index (κ1) is 10.9. The topological polar surface area (TPSA) is 73.8 Å². The molecule has 2 rings (SSSR count). The molecule has 0 aliphatic heterocycles. The molecule has 0 bridgehead atoms. The number of nitrogens with zero attached hydrogens (tertiary/aromatic N) is 3. The fourth-order valence-corrected chi connectivity index (χ4v) is 1.90. The van der Waals surface area contributed by atoms with Crippen molar-refractivity contribution in [2.24, 2.45) is 0 Å². The number of fused-ring (bicyclic) bond motifs is 1. The smallest absolute Gasteiger partial charge is 0.254 e. The lowest BCUT2D eigenvalue weighted by atomic mass is 10.3. The molecule has 2 aromatic rings. The van der Waals surface area contributed by atoms with E-state index in [-0.39, 0.29) is 5.56 Å². The van der Waals surface area contributed by atoms with Crippen LogP contribution in [0.1, 0.15) is 6.92 Å². The maximum absolute atomic E-state index is 11.7. The SMILES string of the molecule is CCn1c(=O)cc(N)c2cnc(SC)nc21. The molecule has 0 saturated heterocycles. The summed E-state index contributed by atoms with van der Waals surface area (Å²) in [5, 5.41) is 1.36. The van der Waals surface area contributed by atoms with Gasteiger partial charge in [-0.25, -0.2) is 9.97 Å². The molecule has 6 heteroatoms. The Hall–Kier alpha value is -1.56. The summed E-state index contributed by atoms with van der Waals surface area (Å²) in [6, 6.07) is 1.41. The van der Waals surface area contributed by atoms with Crippen LogP contribution in [0, 0.1) is 0 Å². The van der Waals surface area contributed by atoms with E-state index < -0.39 is 0 Å². The molecule has 2 aromatic heterocycles. The van der Waals surface area contributed by atoms with Crippen LogP contribution in [0.3, 0.4) is 0 Å². The van der Waals surface area contributed by atoms with Gasteiger partial charge in [0, 0.05) is 24.5 Å². The predicted molar refractivity (Wildman–Crippen MR) is 65.7 cm³/mol. The molecule has 84 valence electrons. The van der Waals surface area contributed by atoms with Gasteiger partial charge in [0.2, 0.25) is 0 Å². The van der Waals surface area contributed by atoms with Crippen LogP contribution < -0.4 is 11.3 Å². The summed E-state index contributed by atoms with van der Waals surface area (Å²) >= 11 is 1.44. The Morgan fingerprint density at radius 3 is 2.94 bits per heavy atom. The molecule has 0 aromatic carbocycles. The molecule has 0 unspecified atom stereocenters. The van der Waals surface area contributed by atoms with Gasteiger partial charge in [0.1, 0.15) is 5.65 Å². The van der Waals surface area contributed by atoms with Crippen molar-refractivity contribution in [2.75, 3.05) is 12.0 Å². The zero-order valence-corrected chi connectivity index (χ0v) is 9.91. The van der Waals surface area contributed by atoms with Gasteiger partial charge in [0.15, 0.2) is 5.16 Å². The summed E-state index contributed by atoms with van der Waals surface area (Å²) < 4.78 is 1.59. The minimum absolute atomic E-state index is 0.127. The van der Waals surface area contributed by atoms with Crippen LogP contribution in [-0.4, -0.2) is 20.8 Å². The molecule has 5 nitrogen and oxygen atoms in total. The summed E-state index contributed by atoms with van der Waals surface area (Å²) in [7, 11) is 0. The normalized spacial score (nSPS) is 10.9. The second-order valence-electron chi connectivity index (χ2n) is 3.28. The van der Waals surface area contributed by atoms with Crippen LogP contribution in [0.2, 0.25) is 0 Å². The van der Waals surface area contributed by atoms with Crippen LogP contribution in [0.4, 0.5) is 5.69 Å². The Bertz CT molecular complexity index is 593. The van der Waals surface area contributed by atoms with Crippen LogP contribution in [0.5, 0.6) is 0 Å². The molecule has 0 radical (unpaired) electrons. The van der Waals surface area contributed by atoms with Gasteiger partial charge in [0.25, 0.3) is 5.56 Å². The predicted octanol–water partition coefficient (Wildman–Crippen LogP) is 1.12. The Labute approximate surface area is 96.7 Å². The highest BCUT2D eigenvalue weighted by Gasteiger charge is 2.08. The van der Waals surface area contributed by atoms with Crippen molar-refractivity contribution in [2.45, 2.75) is 18.6 Å². The first-order chi connectivity index (χ1) is 7.67. The van der Waals surface area contributed by atoms with Crippen LogP contribution in [-0.2, 0) is 6.54 Å². The van der Waals surface area contributed by atoms with E-state index in [4.69, 9.17) is 5.73 Å². The van der Waals surface area contributed by atoms with Crippen LogP contribution in [0.25, 0.3) is 11.0 Å². The highest BCUT2D eigenvalue weighted by Crippen LogP contribution is 2.18. The van der Waals surface area contributed by atoms with E-state index in [0.29, 0.717) is 23.0 Å². The summed E-state index contributed by atoms with van der Waals surface area (Å²) in [4.78, 5) is 20.2. The minimum Gasteiger partial charge on any atom is -0.398 e. The number of aryl methyl sites for hydroxylation is 1. The summed E-state index contributed by atoms with van der Waals surface area (Å²) in [6.07, 6.45) is 3.55. The van der Waals surface area contributed by atoms with E-state index in [9.17, 15) is 4.79 Å². The molecule has 0 atom stereocenters. The van der Waals surface area contributed by atoms with Crippen molar-refractivity contribution >= 4 is 28.5 Å². The largest absolute Gasteiger partial charge is 0.398 e. The molecule has 16 heavy (non-hydrogen) atoms. The average Bonchev–Trinajstić information content (AvgIpc) is 2.28. The highest BCUT2D eigenvalue weighted by atomic mass is 32.2. The molecule has 2 heterocycles. The van der Waals surface area contributed by atoms with Crippen LogP contribution in [0.15, 0.2) is 22.2 Å². The zero-order chi connectivity index (χ0) is 11.7. The number of rotatable bonds is 2. The minimum atomic E-state index is -0.127. The van der Waals surface area contributed by atoms with Gasteiger partial charge in [-0.15, -0.1) is 0 Å². The number of hydrogen-bond donors (Lipinski definition) is 1. The van der Waals surface area contributed by atoms with Gasteiger partial charge >= 0.3 is 0 Å². The lowest BCUT2D eigenvalue weighted by molar-refractivity contribution is 0.742. The first-order valence-electron chi connectivity index (χ1n) is 4.87. The van der Waals surface area contributed by atoms with Crippen molar-refractivity contribution in [3.63, 3.8) is 0 Å². The van der Waals surface area contributed by atoms with Crippen molar-refractivity contribution < 1.29 is 0 Å². The molecule has 2 N–H and O–H groups in total. The standard InChI is InChI=1S/C10H12N4OS/c1-3-14-8(15)4-7(11)6-5-12-10(16-2)13-9(6)14/h4-5H,3,11H2,1-2H3. The highest BCUT2D eigenvalue weighted by molar-refractivity contribution is 7.98. The van der Waals surface area contributed by atoms with Crippen molar-refractivity contribution in [3.05, 3.63) is 22.6 Å². The fourth-order valence-electron chi connectivity index (χ4n) is 1.56. The number of anilines is 1. The molecule has 0 aliphatic carbocycles. The van der Waals surface area contributed by atoms with E-state index in [0.717, 1.165) is 5.39 Å². The Morgan fingerprint density at radius 2 is 2.31 bits per heavy atom. The maximum atomic E-state index is 11.7. The number of nitrogens with two attached hydrogens (primary N) is 1. The van der Waals surface area contributed by atoms with Crippen molar-refractivity contribution in [1.29, 1.82) is 0 Å². The number of nitrogen functional groups attached to an aromatic ring is 1. The molecule has 0 fully saturated rings. The third-order valence-electron chi connectivity index (χ3n) is 2.36. The van der Waals surface area contributed by atoms with Crippen molar-refractivity contribution in [1.82, 2.24) is 14.5 Å². The Balaban J connectivity index is 2.89. The second kappa shape index (κ2) is 4.13. The zero-order valence-electron chi connectivity index (χ0n) is 9.10. The van der Waals surface area contributed by atoms with Gasteiger partial charge in [0.05, 0.1) is 5.39 Å². The molecular formula is C10H12N4OS. The van der Waals surface area contributed by atoms with Gasteiger partial charge in [-0.05, 0) is 13.2 Å². The molecular weight excluding hydrogens is 224 g/mol. The monoisotopic (exact) mass is 236 g/mol. The Kier molecular flexibility index (Phi) is 2.82. The number of hydrogen-bond acceptors (Lipinski definition) is 5. The van der Waals surface area contributed by atoms with E-state index >= 15 is 0 Å². The second-order valence-corrected chi connectivity index (χ2v) is 4.05. The van der Waals surface area contributed by atoms with Crippen molar-refractivity contribution in [3.8, 4) is 0 Å². The first-order valence-corrected chi connectivity index (χ1v) is 6.10.